The summed E-state index contributed by atoms with van der Waals surface area (Å²) in [6, 6.07) is 4.25. The van der Waals surface area contributed by atoms with Gasteiger partial charge in [0, 0.05) is 24.4 Å². The van der Waals surface area contributed by atoms with Gasteiger partial charge in [-0.2, -0.15) is 0 Å². The Morgan fingerprint density at radius 3 is 2.79 bits per heavy atom. The monoisotopic (exact) mass is 303 g/mol. The van der Waals surface area contributed by atoms with Crippen LogP contribution in [0, 0.1) is 5.82 Å². The minimum atomic E-state index is -0.365. The molecule has 1 aromatic carbocycles. The summed E-state index contributed by atoms with van der Waals surface area (Å²) in [5, 5.41) is 0.358. The van der Waals surface area contributed by atoms with E-state index in [1.54, 1.807) is 13.1 Å². The summed E-state index contributed by atoms with van der Waals surface area (Å²) in [5.74, 6) is 1.30. The third-order valence-electron chi connectivity index (χ3n) is 2.46. The lowest BCUT2D eigenvalue weighted by Gasteiger charge is -2.11. The first-order valence-corrected chi connectivity index (χ1v) is 6.79. The van der Waals surface area contributed by atoms with Crippen LogP contribution in [0.2, 0.25) is 5.02 Å². The molecule has 0 aliphatic carbocycles. The summed E-state index contributed by atoms with van der Waals surface area (Å²) >= 11 is 11.6. The molecule has 0 aliphatic rings. The second-order valence-corrected chi connectivity index (χ2v) is 4.75. The Morgan fingerprint density at radius 1 is 1.47 bits per heavy atom. The van der Waals surface area contributed by atoms with E-state index in [1.165, 1.54) is 12.1 Å². The molecule has 0 aliphatic heterocycles. The molecule has 19 heavy (non-hydrogen) atoms. The van der Waals surface area contributed by atoms with Crippen molar-refractivity contribution in [2.45, 2.75) is 19.3 Å². The molecule has 0 radical (unpaired) electrons. The topological polar surface area (TPSA) is 21.6 Å². The van der Waals surface area contributed by atoms with Gasteiger partial charge in [-0.25, -0.2) is 4.39 Å². The molecule has 0 amide bonds. The van der Waals surface area contributed by atoms with E-state index in [0.29, 0.717) is 35.4 Å². The van der Waals surface area contributed by atoms with Crippen LogP contribution < -0.4 is 0 Å². The van der Waals surface area contributed by atoms with Gasteiger partial charge in [0.15, 0.2) is 5.90 Å². The maximum atomic E-state index is 12.9. The van der Waals surface area contributed by atoms with E-state index >= 15 is 0 Å². The van der Waals surface area contributed by atoms with Crippen LogP contribution in [0.25, 0.3) is 0 Å². The molecule has 0 aromatic heterocycles. The van der Waals surface area contributed by atoms with Crippen LogP contribution >= 0.6 is 23.2 Å². The van der Waals surface area contributed by atoms with Crippen molar-refractivity contribution in [3.8, 4) is 0 Å². The van der Waals surface area contributed by atoms with Crippen LogP contribution in [0.3, 0.4) is 0 Å². The number of ether oxygens (including phenoxy) is 1. The van der Waals surface area contributed by atoms with Crippen molar-refractivity contribution in [3.05, 3.63) is 46.9 Å². The molecule has 104 valence electrons. The Balaban J connectivity index is 2.64. The molecule has 1 rings (SSSR count). The number of rotatable bonds is 6. The first-order chi connectivity index (χ1) is 9.06. The molecular formula is C14H16Cl2FNO. The molecular weight excluding hydrogens is 288 g/mol. The lowest BCUT2D eigenvalue weighted by atomic mass is 10.1. The number of aliphatic imine (C=N–C) groups is 1. The summed E-state index contributed by atoms with van der Waals surface area (Å²) in [6.07, 6.45) is 1.88. The molecule has 0 atom stereocenters. The smallest absolute Gasteiger partial charge is 0.193 e. The van der Waals surface area contributed by atoms with Gasteiger partial charge in [-0.05, 0) is 24.1 Å². The van der Waals surface area contributed by atoms with Gasteiger partial charge in [0.05, 0.1) is 12.2 Å². The highest BCUT2D eigenvalue weighted by molar-refractivity contribution is 6.31. The third-order valence-corrected chi connectivity index (χ3v) is 3.08. The quantitative estimate of drug-likeness (QED) is 0.326. The van der Waals surface area contributed by atoms with Gasteiger partial charge in [-0.1, -0.05) is 24.2 Å². The van der Waals surface area contributed by atoms with Crippen molar-refractivity contribution in [1.82, 2.24) is 0 Å². The second-order valence-electron chi connectivity index (χ2n) is 3.96. The van der Waals surface area contributed by atoms with Crippen molar-refractivity contribution in [2.75, 3.05) is 12.9 Å². The third kappa shape index (κ3) is 5.62. The summed E-state index contributed by atoms with van der Waals surface area (Å²) in [6.45, 7) is 3.80. The molecule has 0 bridgehead atoms. The van der Waals surface area contributed by atoms with Crippen LogP contribution in [0.15, 0.2) is 35.5 Å². The number of hydrogen-bond donors (Lipinski definition) is 0. The zero-order valence-electron chi connectivity index (χ0n) is 10.8. The van der Waals surface area contributed by atoms with Crippen LogP contribution in [-0.4, -0.2) is 18.8 Å². The molecule has 1 aromatic rings. The van der Waals surface area contributed by atoms with Crippen LogP contribution in [-0.2, 0) is 11.2 Å². The Labute approximate surface area is 122 Å². The fraction of sp³-hybridized carbons (Fsp3) is 0.357. The summed E-state index contributed by atoms with van der Waals surface area (Å²) in [7, 11) is 1.63. The molecule has 0 unspecified atom stereocenters. The van der Waals surface area contributed by atoms with E-state index in [1.807, 2.05) is 0 Å². The largest absolute Gasteiger partial charge is 0.448 e. The van der Waals surface area contributed by atoms with Crippen molar-refractivity contribution >= 4 is 29.1 Å². The van der Waals surface area contributed by atoms with E-state index in [2.05, 4.69) is 11.6 Å². The number of hydrogen-bond acceptors (Lipinski definition) is 2. The van der Waals surface area contributed by atoms with Gasteiger partial charge >= 0.3 is 0 Å². The molecule has 0 heterocycles. The summed E-state index contributed by atoms with van der Waals surface area (Å²) in [5.41, 5.74) is 0.758. The number of halogens is 3. The highest BCUT2D eigenvalue weighted by atomic mass is 35.5. The van der Waals surface area contributed by atoms with Crippen molar-refractivity contribution < 1.29 is 9.13 Å². The zero-order valence-corrected chi connectivity index (χ0v) is 12.3. The van der Waals surface area contributed by atoms with Crippen LogP contribution in [0.4, 0.5) is 4.39 Å². The average molecular weight is 304 g/mol. The van der Waals surface area contributed by atoms with Gasteiger partial charge in [0.1, 0.15) is 5.82 Å². The summed E-state index contributed by atoms with van der Waals surface area (Å²) in [4.78, 5) is 4.04. The van der Waals surface area contributed by atoms with E-state index < -0.39 is 0 Å². The lowest BCUT2D eigenvalue weighted by molar-refractivity contribution is 0.385. The maximum Gasteiger partial charge on any atom is 0.193 e. The number of allylic oxidation sites excluding steroid dienone is 1. The van der Waals surface area contributed by atoms with Crippen LogP contribution in [0.5, 0.6) is 0 Å². The maximum absolute atomic E-state index is 12.9. The molecule has 0 N–H and O–H groups in total. The van der Waals surface area contributed by atoms with Crippen molar-refractivity contribution in [2.24, 2.45) is 4.99 Å². The lowest BCUT2D eigenvalue weighted by Crippen LogP contribution is -2.09. The molecule has 0 spiro atoms. The van der Waals surface area contributed by atoms with Gasteiger partial charge in [0.2, 0.25) is 0 Å². The molecule has 0 fully saturated rings. The van der Waals surface area contributed by atoms with Gasteiger partial charge in [0.25, 0.3) is 0 Å². The molecule has 0 saturated carbocycles. The predicted octanol–water partition coefficient (Wildman–Crippen LogP) is 4.60. The van der Waals surface area contributed by atoms with Gasteiger partial charge in [-0.3, -0.25) is 4.99 Å². The normalized spacial score (nSPS) is 11.5. The number of nitrogens with zero attached hydrogens (tertiary/aromatic N) is 1. The number of alkyl halides is 1. The van der Waals surface area contributed by atoms with Gasteiger partial charge < -0.3 is 4.74 Å². The summed E-state index contributed by atoms with van der Waals surface area (Å²) < 4.78 is 18.5. The first kappa shape index (κ1) is 16.0. The predicted molar refractivity (Wildman–Crippen MR) is 78.7 cm³/mol. The minimum Gasteiger partial charge on any atom is -0.448 e. The van der Waals surface area contributed by atoms with Crippen LogP contribution in [0.1, 0.15) is 18.4 Å². The van der Waals surface area contributed by atoms with E-state index in [-0.39, 0.29) is 5.82 Å². The average Bonchev–Trinajstić information content (AvgIpc) is 2.38. The fourth-order valence-electron chi connectivity index (χ4n) is 1.47. The Morgan fingerprint density at radius 2 is 2.21 bits per heavy atom. The SMILES string of the molecule is C=C(CCCCl)OC(Cc1ccc(F)cc1Cl)=NC. The van der Waals surface area contributed by atoms with E-state index in [4.69, 9.17) is 27.9 Å². The second kappa shape index (κ2) is 8.18. The Hall–Kier alpha value is -1.06. The highest BCUT2D eigenvalue weighted by Gasteiger charge is 2.08. The van der Waals surface area contributed by atoms with Crippen molar-refractivity contribution in [3.63, 3.8) is 0 Å². The minimum absolute atomic E-state index is 0.358. The van der Waals surface area contributed by atoms with E-state index in [0.717, 1.165) is 12.0 Å². The fourth-order valence-corrected chi connectivity index (χ4v) is 1.84. The number of benzene rings is 1. The molecule has 2 nitrogen and oxygen atoms in total. The Kier molecular flexibility index (Phi) is 6.89. The standard InChI is InChI=1S/C14H16Cl2FNO/c1-10(4-3-7-15)19-14(18-2)8-11-5-6-12(17)9-13(11)16/h5-6,9H,1,3-4,7-8H2,2H3. The molecule has 5 heteroatoms. The van der Waals surface area contributed by atoms with Gasteiger partial charge in [-0.15, -0.1) is 11.6 Å². The zero-order chi connectivity index (χ0) is 14.3. The molecule has 0 saturated heterocycles. The highest BCUT2D eigenvalue weighted by Crippen LogP contribution is 2.19. The van der Waals surface area contributed by atoms with Crippen molar-refractivity contribution in [1.29, 1.82) is 0 Å². The Bertz CT molecular complexity index is 475. The van der Waals surface area contributed by atoms with E-state index in [9.17, 15) is 4.39 Å². The first-order valence-electron chi connectivity index (χ1n) is 5.88.